The van der Waals surface area contributed by atoms with E-state index >= 15 is 0 Å². The molecule has 0 unspecified atom stereocenters. The van der Waals surface area contributed by atoms with E-state index in [9.17, 15) is 4.79 Å². The third-order valence-electron chi connectivity index (χ3n) is 2.57. The van der Waals surface area contributed by atoms with Gasteiger partial charge in [-0.25, -0.2) is 4.79 Å². The smallest absolute Gasteiger partial charge is 0.328 e. The van der Waals surface area contributed by atoms with Crippen LogP contribution in [0.4, 0.5) is 0 Å². The molecule has 1 aromatic heterocycles. The third kappa shape index (κ3) is 4.88. The van der Waals surface area contributed by atoms with Gasteiger partial charge < -0.3 is 9.84 Å². The largest absolute Gasteiger partial charge is 0.487 e. The molecule has 0 aliphatic carbocycles. The number of pyridine rings is 1. The Morgan fingerprint density at radius 3 is 2.81 bits per heavy atom. The van der Waals surface area contributed by atoms with Crippen LogP contribution in [0.2, 0.25) is 5.02 Å². The Balaban J connectivity index is 1.99. The zero-order chi connectivity index (χ0) is 15.2. The minimum absolute atomic E-state index is 0.331. The lowest BCUT2D eigenvalue weighted by Gasteiger charge is -2.08. The maximum absolute atomic E-state index is 10.4. The first-order valence-electron chi connectivity index (χ1n) is 5.98. The second-order valence-corrected chi connectivity index (χ2v) is 5.44. The molecule has 0 aliphatic heterocycles. The number of carbonyl (C=O) groups is 1. The predicted octanol–water partition coefficient (Wildman–Crippen LogP) is 4.17. The summed E-state index contributed by atoms with van der Waals surface area (Å²) in [6.07, 6.45) is 3.98. The molecule has 4 nitrogen and oxygen atoms in total. The van der Waals surface area contributed by atoms with Gasteiger partial charge in [-0.3, -0.25) is 4.98 Å². The van der Waals surface area contributed by atoms with Crippen LogP contribution in [0.3, 0.4) is 0 Å². The topological polar surface area (TPSA) is 59.4 Å². The summed E-state index contributed by atoms with van der Waals surface area (Å²) in [5.74, 6) is -0.427. The van der Waals surface area contributed by atoms with Crippen molar-refractivity contribution < 1.29 is 14.6 Å². The second kappa shape index (κ2) is 7.24. The summed E-state index contributed by atoms with van der Waals surface area (Å²) in [4.78, 5) is 14.5. The molecule has 0 amide bonds. The van der Waals surface area contributed by atoms with Crippen LogP contribution in [0.1, 0.15) is 11.3 Å². The van der Waals surface area contributed by atoms with Gasteiger partial charge >= 0.3 is 5.97 Å². The van der Waals surface area contributed by atoms with Crippen molar-refractivity contribution in [3.8, 4) is 5.75 Å². The molecule has 1 aromatic carbocycles. The van der Waals surface area contributed by atoms with Crippen molar-refractivity contribution in [3.05, 3.63) is 63.4 Å². The molecule has 21 heavy (non-hydrogen) atoms. The first kappa shape index (κ1) is 15.5. The predicted molar refractivity (Wildman–Crippen MR) is 84.4 cm³/mol. The fourth-order valence-electron chi connectivity index (χ4n) is 1.53. The third-order valence-corrected chi connectivity index (χ3v) is 3.41. The van der Waals surface area contributed by atoms with Crippen LogP contribution >= 0.6 is 27.5 Å². The lowest BCUT2D eigenvalue weighted by Crippen LogP contribution is -1.97. The molecular formula is C15H11BrClNO3. The number of carboxylic acids is 1. The molecule has 1 heterocycles. The van der Waals surface area contributed by atoms with Crippen molar-refractivity contribution in [2.75, 3.05) is 0 Å². The molecule has 108 valence electrons. The summed E-state index contributed by atoms with van der Waals surface area (Å²) < 4.78 is 6.50. The van der Waals surface area contributed by atoms with E-state index in [1.165, 1.54) is 12.3 Å². The van der Waals surface area contributed by atoms with E-state index in [1.54, 1.807) is 18.2 Å². The van der Waals surface area contributed by atoms with E-state index in [-0.39, 0.29) is 0 Å². The molecule has 0 saturated heterocycles. The summed E-state index contributed by atoms with van der Waals surface area (Å²) in [5.41, 5.74) is 1.42. The normalized spacial score (nSPS) is 10.8. The molecular weight excluding hydrogens is 358 g/mol. The number of halogens is 2. The van der Waals surface area contributed by atoms with E-state index in [2.05, 4.69) is 20.9 Å². The van der Waals surface area contributed by atoms with Crippen LogP contribution < -0.4 is 4.74 Å². The van der Waals surface area contributed by atoms with Crippen LogP contribution in [0.5, 0.6) is 5.75 Å². The lowest BCUT2D eigenvalue weighted by atomic mass is 10.2. The standard InChI is InChI=1S/C15H11BrClNO3/c16-11-2-1-10(14(17)7-11)9-21-13-5-3-12(18-8-13)4-6-15(19)20/h1-8H,9H2,(H,19,20)/b6-4+. The minimum Gasteiger partial charge on any atom is -0.487 e. The molecule has 1 N–H and O–H groups in total. The van der Waals surface area contributed by atoms with Crippen molar-refractivity contribution in [2.24, 2.45) is 0 Å². The van der Waals surface area contributed by atoms with Gasteiger partial charge in [-0.1, -0.05) is 33.6 Å². The zero-order valence-electron chi connectivity index (χ0n) is 10.8. The van der Waals surface area contributed by atoms with Gasteiger partial charge in [-0.15, -0.1) is 0 Å². The van der Waals surface area contributed by atoms with Gasteiger partial charge in [0.2, 0.25) is 0 Å². The van der Waals surface area contributed by atoms with Crippen molar-refractivity contribution in [1.29, 1.82) is 0 Å². The maximum Gasteiger partial charge on any atom is 0.328 e. The Morgan fingerprint density at radius 2 is 2.19 bits per heavy atom. The first-order chi connectivity index (χ1) is 10.0. The van der Waals surface area contributed by atoms with E-state index < -0.39 is 5.97 Å². The van der Waals surface area contributed by atoms with Crippen LogP contribution in [-0.4, -0.2) is 16.1 Å². The van der Waals surface area contributed by atoms with E-state index in [0.29, 0.717) is 23.1 Å². The van der Waals surface area contributed by atoms with Crippen LogP contribution in [-0.2, 0) is 11.4 Å². The Labute approximate surface area is 135 Å². The minimum atomic E-state index is -1.01. The number of hydrogen-bond acceptors (Lipinski definition) is 3. The molecule has 0 saturated carbocycles. The van der Waals surface area contributed by atoms with Crippen molar-refractivity contribution in [3.63, 3.8) is 0 Å². The van der Waals surface area contributed by atoms with Crippen molar-refractivity contribution in [2.45, 2.75) is 6.61 Å². The first-order valence-corrected chi connectivity index (χ1v) is 7.15. The van der Waals surface area contributed by atoms with Crippen LogP contribution in [0.15, 0.2) is 47.1 Å². The number of ether oxygens (including phenoxy) is 1. The summed E-state index contributed by atoms with van der Waals surface area (Å²) >= 11 is 9.44. The quantitative estimate of drug-likeness (QED) is 0.805. The van der Waals surface area contributed by atoms with E-state index in [4.69, 9.17) is 21.4 Å². The molecule has 2 rings (SSSR count). The highest BCUT2D eigenvalue weighted by molar-refractivity contribution is 9.10. The van der Waals surface area contributed by atoms with Gasteiger partial charge in [-0.2, -0.15) is 0 Å². The molecule has 0 radical (unpaired) electrons. The Bertz CT molecular complexity index is 671. The lowest BCUT2D eigenvalue weighted by molar-refractivity contribution is -0.131. The number of nitrogens with zero attached hydrogens (tertiary/aromatic N) is 1. The highest BCUT2D eigenvalue weighted by atomic mass is 79.9. The molecule has 0 atom stereocenters. The number of hydrogen-bond donors (Lipinski definition) is 1. The van der Waals surface area contributed by atoms with Gasteiger partial charge in [-0.05, 0) is 30.3 Å². The molecule has 2 aromatic rings. The zero-order valence-corrected chi connectivity index (χ0v) is 13.1. The summed E-state index contributed by atoms with van der Waals surface area (Å²) in [5, 5.41) is 9.15. The Kier molecular flexibility index (Phi) is 5.36. The Hall–Kier alpha value is -1.85. The van der Waals surface area contributed by atoms with Crippen LogP contribution in [0, 0.1) is 0 Å². The SMILES string of the molecule is O=C(O)/C=C/c1ccc(OCc2ccc(Br)cc2Cl)cn1. The highest BCUT2D eigenvalue weighted by Crippen LogP contribution is 2.22. The summed E-state index contributed by atoms with van der Waals surface area (Å²) in [7, 11) is 0. The average molecular weight is 369 g/mol. The van der Waals surface area contributed by atoms with E-state index in [1.807, 2.05) is 12.1 Å². The molecule has 0 bridgehead atoms. The van der Waals surface area contributed by atoms with Gasteiger partial charge in [0.05, 0.1) is 11.9 Å². The Morgan fingerprint density at radius 1 is 1.38 bits per heavy atom. The van der Waals surface area contributed by atoms with E-state index in [0.717, 1.165) is 16.1 Å². The fourth-order valence-corrected chi connectivity index (χ4v) is 2.26. The monoisotopic (exact) mass is 367 g/mol. The molecule has 6 heteroatoms. The molecule has 0 spiro atoms. The number of rotatable bonds is 5. The van der Waals surface area contributed by atoms with Crippen molar-refractivity contribution in [1.82, 2.24) is 4.98 Å². The maximum atomic E-state index is 10.4. The number of benzene rings is 1. The number of carboxylic acid groups (broad SMARTS) is 1. The molecule has 0 aliphatic rings. The van der Waals surface area contributed by atoms with Gasteiger partial charge in [0.15, 0.2) is 0 Å². The number of aliphatic carboxylic acids is 1. The second-order valence-electron chi connectivity index (χ2n) is 4.11. The van der Waals surface area contributed by atoms with Crippen LogP contribution in [0.25, 0.3) is 6.08 Å². The van der Waals surface area contributed by atoms with Gasteiger partial charge in [0, 0.05) is 21.1 Å². The summed E-state index contributed by atoms with van der Waals surface area (Å²) in [6.45, 7) is 0.331. The summed E-state index contributed by atoms with van der Waals surface area (Å²) in [6, 6.07) is 8.98. The van der Waals surface area contributed by atoms with Gasteiger partial charge in [0.1, 0.15) is 12.4 Å². The highest BCUT2D eigenvalue weighted by Gasteiger charge is 2.02. The molecule has 0 fully saturated rings. The number of aromatic nitrogens is 1. The van der Waals surface area contributed by atoms with Crippen molar-refractivity contribution >= 4 is 39.6 Å². The van der Waals surface area contributed by atoms with Gasteiger partial charge in [0.25, 0.3) is 0 Å². The average Bonchev–Trinajstić information content (AvgIpc) is 2.45. The fraction of sp³-hybridized carbons (Fsp3) is 0.0667.